The largest absolute Gasteiger partial charge is 0.394 e. The first-order valence-corrected chi connectivity index (χ1v) is 5.90. The second-order valence-corrected chi connectivity index (χ2v) is 4.44. The van der Waals surface area contributed by atoms with Crippen LogP contribution in [0.2, 0.25) is 0 Å². The van der Waals surface area contributed by atoms with Crippen molar-refractivity contribution < 1.29 is 0 Å². The highest BCUT2D eigenvalue weighted by molar-refractivity contribution is 5.38. The van der Waals surface area contributed by atoms with Crippen molar-refractivity contribution in [2.75, 3.05) is 18.8 Å². The van der Waals surface area contributed by atoms with Crippen LogP contribution < -0.4 is 16.6 Å². The Balaban J connectivity index is 1.97. The van der Waals surface area contributed by atoms with Gasteiger partial charge in [-0.1, -0.05) is 6.07 Å². The van der Waals surface area contributed by atoms with Crippen molar-refractivity contribution in [2.24, 2.45) is 0 Å². The predicted molar refractivity (Wildman–Crippen MR) is 69.9 cm³/mol. The number of nitrogens with zero attached hydrogens (tertiary/aromatic N) is 2. The van der Waals surface area contributed by atoms with E-state index in [0.717, 1.165) is 13.1 Å². The molecule has 1 fully saturated rings. The SMILES string of the molecule is Nc1cccn(-c2ccc(C3CNC3)cn2)c1=O. The molecule has 3 rings (SSSR count). The van der Waals surface area contributed by atoms with Gasteiger partial charge in [-0.2, -0.15) is 0 Å². The number of aromatic nitrogens is 2. The lowest BCUT2D eigenvalue weighted by Gasteiger charge is -2.27. The summed E-state index contributed by atoms with van der Waals surface area (Å²) in [4.78, 5) is 16.2. The molecular weight excluding hydrogens is 228 g/mol. The van der Waals surface area contributed by atoms with Crippen molar-refractivity contribution in [2.45, 2.75) is 5.92 Å². The maximum atomic E-state index is 11.8. The first-order valence-electron chi connectivity index (χ1n) is 5.90. The van der Waals surface area contributed by atoms with E-state index in [9.17, 15) is 4.79 Å². The second kappa shape index (κ2) is 4.27. The van der Waals surface area contributed by atoms with E-state index in [1.165, 1.54) is 10.1 Å². The molecule has 0 spiro atoms. The molecule has 2 aromatic rings. The Morgan fingerprint density at radius 1 is 1.33 bits per heavy atom. The zero-order chi connectivity index (χ0) is 12.5. The van der Waals surface area contributed by atoms with Gasteiger partial charge in [-0.05, 0) is 23.8 Å². The van der Waals surface area contributed by atoms with E-state index in [1.54, 1.807) is 18.3 Å². The van der Waals surface area contributed by atoms with Crippen molar-refractivity contribution in [1.29, 1.82) is 0 Å². The van der Waals surface area contributed by atoms with Gasteiger partial charge in [-0.3, -0.25) is 9.36 Å². The third-order valence-corrected chi connectivity index (χ3v) is 3.25. The summed E-state index contributed by atoms with van der Waals surface area (Å²) in [6, 6.07) is 7.20. The molecule has 0 amide bonds. The van der Waals surface area contributed by atoms with E-state index >= 15 is 0 Å². The number of rotatable bonds is 2. The second-order valence-electron chi connectivity index (χ2n) is 4.44. The highest BCUT2D eigenvalue weighted by Gasteiger charge is 2.18. The van der Waals surface area contributed by atoms with Gasteiger partial charge in [0.2, 0.25) is 0 Å². The van der Waals surface area contributed by atoms with Crippen LogP contribution in [0.3, 0.4) is 0 Å². The highest BCUT2D eigenvalue weighted by Crippen LogP contribution is 2.19. The molecule has 0 saturated carbocycles. The summed E-state index contributed by atoms with van der Waals surface area (Å²) in [6.45, 7) is 2.00. The van der Waals surface area contributed by atoms with Gasteiger partial charge in [-0.25, -0.2) is 4.98 Å². The molecule has 5 nitrogen and oxygen atoms in total. The highest BCUT2D eigenvalue weighted by atomic mass is 16.1. The lowest BCUT2D eigenvalue weighted by molar-refractivity contribution is 0.447. The maximum Gasteiger partial charge on any atom is 0.279 e. The Morgan fingerprint density at radius 2 is 2.17 bits per heavy atom. The van der Waals surface area contributed by atoms with Gasteiger partial charge >= 0.3 is 0 Å². The van der Waals surface area contributed by atoms with E-state index < -0.39 is 0 Å². The Bertz CT molecular complexity index is 614. The molecule has 18 heavy (non-hydrogen) atoms. The Hall–Kier alpha value is -2.14. The number of hydrogen-bond donors (Lipinski definition) is 2. The van der Waals surface area contributed by atoms with Gasteiger partial charge in [0.15, 0.2) is 0 Å². The van der Waals surface area contributed by atoms with Gasteiger partial charge in [-0.15, -0.1) is 0 Å². The number of nitrogens with one attached hydrogen (secondary N) is 1. The fraction of sp³-hybridized carbons (Fsp3) is 0.231. The third-order valence-electron chi connectivity index (χ3n) is 3.25. The average molecular weight is 242 g/mol. The number of nitrogen functional groups attached to an aromatic ring is 1. The molecule has 0 bridgehead atoms. The van der Waals surface area contributed by atoms with Crippen LogP contribution in [0.1, 0.15) is 11.5 Å². The lowest BCUT2D eigenvalue weighted by atomic mass is 9.95. The van der Waals surface area contributed by atoms with Crippen LogP contribution in [0.4, 0.5) is 5.69 Å². The molecular formula is C13H14N4O. The van der Waals surface area contributed by atoms with Crippen LogP contribution in [-0.4, -0.2) is 22.6 Å². The molecule has 1 aliphatic heterocycles. The molecule has 3 N–H and O–H groups in total. The summed E-state index contributed by atoms with van der Waals surface area (Å²) >= 11 is 0. The van der Waals surface area contributed by atoms with Crippen LogP contribution in [0, 0.1) is 0 Å². The normalized spacial score (nSPS) is 15.3. The van der Waals surface area contributed by atoms with Gasteiger partial charge in [0.25, 0.3) is 5.56 Å². The first kappa shape index (κ1) is 11.0. The quantitative estimate of drug-likeness (QED) is 0.804. The van der Waals surface area contributed by atoms with Crippen LogP contribution in [0.15, 0.2) is 41.5 Å². The molecule has 92 valence electrons. The van der Waals surface area contributed by atoms with Gasteiger partial charge in [0.1, 0.15) is 5.82 Å². The third kappa shape index (κ3) is 1.78. The Morgan fingerprint density at radius 3 is 2.78 bits per heavy atom. The zero-order valence-corrected chi connectivity index (χ0v) is 9.84. The van der Waals surface area contributed by atoms with E-state index in [-0.39, 0.29) is 11.2 Å². The first-order chi connectivity index (χ1) is 8.75. The zero-order valence-electron chi connectivity index (χ0n) is 9.84. The average Bonchev–Trinajstić information content (AvgIpc) is 2.32. The summed E-state index contributed by atoms with van der Waals surface area (Å²) in [7, 11) is 0. The number of pyridine rings is 2. The monoisotopic (exact) mass is 242 g/mol. The van der Waals surface area contributed by atoms with E-state index in [4.69, 9.17) is 5.73 Å². The van der Waals surface area contributed by atoms with Crippen LogP contribution >= 0.6 is 0 Å². The van der Waals surface area contributed by atoms with Crippen molar-refractivity contribution in [3.63, 3.8) is 0 Å². The van der Waals surface area contributed by atoms with Crippen LogP contribution in [0.25, 0.3) is 5.82 Å². The summed E-state index contributed by atoms with van der Waals surface area (Å²) in [5.41, 5.74) is 6.80. The van der Waals surface area contributed by atoms with E-state index in [1.807, 2.05) is 18.3 Å². The Labute approximate surface area is 104 Å². The fourth-order valence-corrected chi connectivity index (χ4v) is 2.00. The molecule has 0 atom stereocenters. The predicted octanol–water partition coefficient (Wildman–Crippen LogP) is 0.501. The number of hydrogen-bond acceptors (Lipinski definition) is 4. The molecule has 0 unspecified atom stereocenters. The van der Waals surface area contributed by atoms with Gasteiger partial charge in [0, 0.05) is 31.4 Å². The summed E-state index contributed by atoms with van der Waals surface area (Å²) in [5, 5.41) is 3.22. The molecule has 0 radical (unpaired) electrons. The topological polar surface area (TPSA) is 72.9 Å². The number of anilines is 1. The van der Waals surface area contributed by atoms with Gasteiger partial charge in [0.05, 0.1) is 5.69 Å². The van der Waals surface area contributed by atoms with Crippen molar-refractivity contribution in [3.05, 3.63) is 52.6 Å². The summed E-state index contributed by atoms with van der Waals surface area (Å²) in [5.74, 6) is 1.15. The summed E-state index contributed by atoms with van der Waals surface area (Å²) < 4.78 is 1.46. The molecule has 1 saturated heterocycles. The standard InChI is InChI=1S/C13H14N4O/c14-11-2-1-5-17(13(11)18)12-4-3-9(8-16-12)10-6-15-7-10/h1-5,8,10,15H,6-7,14H2. The minimum absolute atomic E-state index is 0.228. The van der Waals surface area contributed by atoms with E-state index in [0.29, 0.717) is 11.7 Å². The van der Waals surface area contributed by atoms with Crippen molar-refractivity contribution >= 4 is 5.69 Å². The smallest absolute Gasteiger partial charge is 0.279 e. The van der Waals surface area contributed by atoms with Crippen LogP contribution in [0.5, 0.6) is 0 Å². The molecule has 2 aromatic heterocycles. The number of nitrogens with two attached hydrogens (primary N) is 1. The van der Waals surface area contributed by atoms with E-state index in [2.05, 4.69) is 10.3 Å². The fourth-order valence-electron chi connectivity index (χ4n) is 2.00. The lowest BCUT2D eigenvalue weighted by Crippen LogP contribution is -2.39. The Kier molecular flexibility index (Phi) is 2.60. The van der Waals surface area contributed by atoms with Crippen LogP contribution in [-0.2, 0) is 0 Å². The molecule has 1 aliphatic rings. The minimum Gasteiger partial charge on any atom is -0.394 e. The molecule has 0 aliphatic carbocycles. The molecule has 0 aromatic carbocycles. The molecule has 5 heteroatoms. The van der Waals surface area contributed by atoms with Crippen molar-refractivity contribution in [3.8, 4) is 5.82 Å². The van der Waals surface area contributed by atoms with Crippen molar-refractivity contribution in [1.82, 2.24) is 14.9 Å². The van der Waals surface area contributed by atoms with Gasteiger partial charge < -0.3 is 11.1 Å². The molecule has 3 heterocycles. The minimum atomic E-state index is -0.233. The summed E-state index contributed by atoms with van der Waals surface area (Å²) in [6.07, 6.45) is 3.50. The maximum absolute atomic E-state index is 11.8.